The van der Waals surface area contributed by atoms with Crippen LogP contribution in [0.3, 0.4) is 0 Å². The summed E-state index contributed by atoms with van der Waals surface area (Å²) in [5.41, 5.74) is 0.259. The van der Waals surface area contributed by atoms with Crippen LogP contribution in [0.15, 0.2) is 47.4 Å². The molecule has 32 heavy (non-hydrogen) atoms. The minimum atomic E-state index is -4.45. The van der Waals surface area contributed by atoms with Gasteiger partial charge in [-0.15, -0.1) is 0 Å². The number of rotatable bonds is 15. The molecule has 0 unspecified atom stereocenters. The smallest absolute Gasteiger partial charge is 0.870 e. The van der Waals surface area contributed by atoms with Gasteiger partial charge < -0.3 is 9.84 Å². The first-order valence-corrected chi connectivity index (χ1v) is 12.9. The van der Waals surface area contributed by atoms with Crippen LogP contribution in [0.1, 0.15) is 83.1 Å². The van der Waals surface area contributed by atoms with Gasteiger partial charge in [0.25, 0.3) is 10.1 Å². The molecule has 0 heterocycles. The maximum absolute atomic E-state index is 12.4. The number of benzene rings is 2. The van der Waals surface area contributed by atoms with Crippen LogP contribution in [0.2, 0.25) is 0 Å². The molecule has 5 nitrogen and oxygen atoms in total. The first kappa shape index (κ1) is 29.0. The van der Waals surface area contributed by atoms with E-state index >= 15 is 0 Å². The molecule has 7 heteroatoms. The van der Waals surface area contributed by atoms with Gasteiger partial charge in [0.2, 0.25) is 0 Å². The van der Waals surface area contributed by atoms with Crippen molar-refractivity contribution in [3.05, 3.63) is 48.0 Å². The van der Waals surface area contributed by atoms with Gasteiger partial charge in [0.05, 0.1) is 0 Å². The molecule has 0 fully saturated rings. The second-order valence-electron chi connectivity index (χ2n) is 8.05. The summed E-state index contributed by atoms with van der Waals surface area (Å²) >= 11 is 0. The number of ether oxygens (including phenoxy) is 1. The van der Waals surface area contributed by atoms with E-state index < -0.39 is 15.9 Å². The van der Waals surface area contributed by atoms with Gasteiger partial charge in [-0.3, -0.25) is 4.55 Å². The Bertz CT molecular complexity index is 885. The third kappa shape index (κ3) is 10.3. The van der Waals surface area contributed by atoms with Gasteiger partial charge in [-0.2, -0.15) is 8.42 Å². The summed E-state index contributed by atoms with van der Waals surface area (Å²) in [7, 11) is -4.45. The minimum Gasteiger partial charge on any atom is -0.870 e. The van der Waals surface area contributed by atoms with Gasteiger partial charge in [-0.25, -0.2) is 0 Å². The standard InChI is InChI=1S/C25H36O5S.Na/c1-2-3-4-5-6-7-8-9-10-11-15-18-22-24(31(27,28)29)20-19-23(26)25(22)30-21-16-13-12-14-17-21;/h12-14,16-17,19-20,26H,2-11,15,18H2,1H3,(H,27,28,29);/q;+1/p-1. The van der Waals surface area contributed by atoms with Crippen molar-refractivity contribution in [1.29, 1.82) is 0 Å². The Morgan fingerprint density at radius 3 is 1.88 bits per heavy atom. The molecule has 0 saturated carbocycles. The van der Waals surface area contributed by atoms with Crippen LogP contribution < -0.4 is 39.4 Å². The van der Waals surface area contributed by atoms with E-state index in [-0.39, 0.29) is 45.8 Å². The SMILES string of the molecule is CCCCCCCCCCCCCc1c(S(=O)(=O)O)ccc([O-])c1Oc1ccccc1.[Na+]. The molecular formula is C25H35NaO5S. The van der Waals surface area contributed by atoms with Crippen molar-refractivity contribution in [3.8, 4) is 17.2 Å². The summed E-state index contributed by atoms with van der Waals surface area (Å²) in [4.78, 5) is -0.245. The van der Waals surface area contributed by atoms with E-state index in [1.165, 1.54) is 51.0 Å². The Labute approximate surface area is 215 Å². The summed E-state index contributed by atoms with van der Waals surface area (Å²) in [6.45, 7) is 2.23. The molecule has 2 aromatic carbocycles. The van der Waals surface area contributed by atoms with E-state index in [0.717, 1.165) is 31.7 Å². The first-order chi connectivity index (χ1) is 14.9. The molecule has 2 aromatic rings. The number of para-hydroxylation sites is 1. The van der Waals surface area contributed by atoms with Crippen LogP contribution >= 0.6 is 0 Å². The summed E-state index contributed by atoms with van der Waals surface area (Å²) in [5, 5.41) is 12.4. The molecule has 0 radical (unpaired) electrons. The van der Waals surface area contributed by atoms with Crippen molar-refractivity contribution < 1.29 is 52.4 Å². The van der Waals surface area contributed by atoms with Gasteiger partial charge in [0, 0.05) is 5.56 Å². The first-order valence-electron chi connectivity index (χ1n) is 11.5. The maximum atomic E-state index is 12.4. The Balaban J connectivity index is 0.00000512. The minimum absolute atomic E-state index is 0. The zero-order valence-corrected chi connectivity index (χ0v) is 22.3. The molecule has 0 atom stereocenters. The fourth-order valence-electron chi connectivity index (χ4n) is 3.75. The maximum Gasteiger partial charge on any atom is 1.00 e. The molecule has 1 N–H and O–H groups in total. The summed E-state index contributed by atoms with van der Waals surface area (Å²) < 4.78 is 39.1. The van der Waals surface area contributed by atoms with Gasteiger partial charge in [-0.1, -0.05) is 101 Å². The third-order valence-electron chi connectivity index (χ3n) is 5.45. The van der Waals surface area contributed by atoms with Gasteiger partial charge in [0.15, 0.2) is 0 Å². The van der Waals surface area contributed by atoms with E-state index in [2.05, 4.69) is 6.92 Å². The molecule has 0 amide bonds. The molecule has 0 aromatic heterocycles. The topological polar surface area (TPSA) is 86.7 Å². The zero-order chi connectivity index (χ0) is 22.5. The van der Waals surface area contributed by atoms with Crippen molar-refractivity contribution in [2.24, 2.45) is 0 Å². The number of hydrogen-bond acceptors (Lipinski definition) is 4. The van der Waals surface area contributed by atoms with Crippen LogP contribution in [0.5, 0.6) is 17.2 Å². The zero-order valence-electron chi connectivity index (χ0n) is 19.5. The molecular weight excluding hydrogens is 435 g/mol. The second kappa shape index (κ2) is 15.7. The Morgan fingerprint density at radius 2 is 1.34 bits per heavy atom. The average Bonchev–Trinajstić information content (AvgIpc) is 2.74. The van der Waals surface area contributed by atoms with E-state index in [1.807, 2.05) is 6.07 Å². The Hall–Kier alpha value is -1.05. The normalized spacial score (nSPS) is 11.2. The van der Waals surface area contributed by atoms with Crippen LogP contribution in [0, 0.1) is 0 Å². The van der Waals surface area contributed by atoms with Crippen molar-refractivity contribution in [2.45, 2.75) is 88.9 Å². The second-order valence-corrected chi connectivity index (χ2v) is 9.44. The van der Waals surface area contributed by atoms with E-state index in [9.17, 15) is 18.1 Å². The number of hydrogen-bond donors (Lipinski definition) is 1. The van der Waals surface area contributed by atoms with Crippen molar-refractivity contribution in [3.63, 3.8) is 0 Å². The van der Waals surface area contributed by atoms with Crippen LogP contribution in [0.25, 0.3) is 0 Å². The van der Waals surface area contributed by atoms with Crippen LogP contribution in [0.4, 0.5) is 0 Å². The summed E-state index contributed by atoms with van der Waals surface area (Å²) in [6, 6.07) is 11.1. The van der Waals surface area contributed by atoms with Crippen LogP contribution in [-0.2, 0) is 16.5 Å². The fourth-order valence-corrected chi connectivity index (χ4v) is 4.50. The predicted molar refractivity (Wildman–Crippen MR) is 122 cm³/mol. The van der Waals surface area contributed by atoms with E-state index in [0.29, 0.717) is 12.2 Å². The monoisotopic (exact) mass is 470 g/mol. The van der Waals surface area contributed by atoms with Crippen molar-refractivity contribution >= 4 is 10.1 Å². The summed E-state index contributed by atoms with van der Waals surface area (Å²) in [6.07, 6.45) is 13.3. The van der Waals surface area contributed by atoms with Gasteiger partial charge in [-0.05, 0) is 31.0 Å². The predicted octanol–water partition coefficient (Wildman–Crippen LogP) is 3.66. The molecule has 0 aliphatic rings. The molecule has 0 aliphatic heterocycles. The molecule has 0 spiro atoms. The Morgan fingerprint density at radius 1 is 0.812 bits per heavy atom. The molecule has 172 valence electrons. The van der Waals surface area contributed by atoms with Crippen molar-refractivity contribution in [1.82, 2.24) is 0 Å². The third-order valence-corrected chi connectivity index (χ3v) is 6.39. The quantitative estimate of drug-likeness (QED) is 0.244. The molecule has 2 rings (SSSR count). The molecule has 0 saturated heterocycles. The summed E-state index contributed by atoms with van der Waals surface area (Å²) in [5.74, 6) is 0.0370. The fraction of sp³-hybridized carbons (Fsp3) is 0.520. The number of unbranched alkanes of at least 4 members (excludes halogenated alkanes) is 10. The largest absolute Gasteiger partial charge is 1.00 e. The van der Waals surface area contributed by atoms with E-state index in [4.69, 9.17) is 4.74 Å². The van der Waals surface area contributed by atoms with Crippen molar-refractivity contribution in [2.75, 3.05) is 0 Å². The van der Waals surface area contributed by atoms with Crippen LogP contribution in [-0.4, -0.2) is 13.0 Å². The Kier molecular flexibility index (Phi) is 14.2. The molecule has 0 bridgehead atoms. The van der Waals surface area contributed by atoms with Gasteiger partial charge in [0.1, 0.15) is 16.4 Å². The van der Waals surface area contributed by atoms with Gasteiger partial charge >= 0.3 is 29.6 Å². The average molecular weight is 471 g/mol. The van der Waals surface area contributed by atoms with E-state index in [1.54, 1.807) is 24.3 Å². The molecule has 0 aliphatic carbocycles.